The molecule has 0 saturated carbocycles. The Morgan fingerprint density at radius 2 is 2.37 bits per heavy atom. The summed E-state index contributed by atoms with van der Waals surface area (Å²) in [6.07, 6.45) is 2.43. The summed E-state index contributed by atoms with van der Waals surface area (Å²) in [5.74, 6) is 0.939. The zero-order valence-electron chi connectivity index (χ0n) is 11.6. The van der Waals surface area contributed by atoms with Gasteiger partial charge in [-0.15, -0.1) is 0 Å². The predicted octanol–water partition coefficient (Wildman–Crippen LogP) is 2.90. The van der Waals surface area contributed by atoms with Gasteiger partial charge in [-0.25, -0.2) is 0 Å². The average molecular weight is 327 g/mol. The quantitative estimate of drug-likeness (QED) is 0.900. The first-order chi connectivity index (χ1) is 9.28. The lowest BCUT2D eigenvalue weighted by atomic mass is 10.2. The SMILES string of the molecule is CCC1CN(CCOc2cccc(Br)c2)CCCN1. The smallest absolute Gasteiger partial charge is 0.120 e. The molecule has 0 amide bonds. The monoisotopic (exact) mass is 326 g/mol. The Morgan fingerprint density at radius 1 is 1.47 bits per heavy atom. The first kappa shape index (κ1) is 14.8. The maximum absolute atomic E-state index is 5.81. The summed E-state index contributed by atoms with van der Waals surface area (Å²) in [6, 6.07) is 8.66. The van der Waals surface area contributed by atoms with E-state index in [0.29, 0.717) is 6.04 Å². The van der Waals surface area contributed by atoms with E-state index in [1.54, 1.807) is 0 Å². The van der Waals surface area contributed by atoms with Crippen LogP contribution < -0.4 is 10.1 Å². The Bertz CT molecular complexity index is 386. The second kappa shape index (κ2) is 7.88. The highest BCUT2D eigenvalue weighted by Gasteiger charge is 2.15. The van der Waals surface area contributed by atoms with Gasteiger partial charge in [0.1, 0.15) is 12.4 Å². The normalized spacial score (nSPS) is 21.1. The summed E-state index contributed by atoms with van der Waals surface area (Å²) in [6.45, 7) is 7.46. The van der Waals surface area contributed by atoms with E-state index in [9.17, 15) is 0 Å². The maximum atomic E-state index is 5.81. The predicted molar refractivity (Wildman–Crippen MR) is 82.8 cm³/mol. The van der Waals surface area contributed by atoms with Crippen molar-refractivity contribution in [3.05, 3.63) is 28.7 Å². The molecule has 3 nitrogen and oxygen atoms in total. The summed E-state index contributed by atoms with van der Waals surface area (Å²) in [5.41, 5.74) is 0. The van der Waals surface area contributed by atoms with Crippen LogP contribution in [0.15, 0.2) is 28.7 Å². The van der Waals surface area contributed by atoms with Crippen LogP contribution in [0.2, 0.25) is 0 Å². The lowest BCUT2D eigenvalue weighted by molar-refractivity contribution is 0.205. The molecule has 19 heavy (non-hydrogen) atoms. The molecule has 1 aliphatic rings. The highest BCUT2D eigenvalue weighted by atomic mass is 79.9. The number of hydrogen-bond acceptors (Lipinski definition) is 3. The van der Waals surface area contributed by atoms with Crippen molar-refractivity contribution in [1.82, 2.24) is 10.2 Å². The zero-order valence-corrected chi connectivity index (χ0v) is 13.2. The molecule has 1 fully saturated rings. The first-order valence-electron chi connectivity index (χ1n) is 7.12. The van der Waals surface area contributed by atoms with Gasteiger partial charge in [-0.05, 0) is 44.1 Å². The van der Waals surface area contributed by atoms with E-state index >= 15 is 0 Å². The van der Waals surface area contributed by atoms with Gasteiger partial charge in [0.15, 0.2) is 0 Å². The number of hydrogen-bond donors (Lipinski definition) is 1. The molecule has 0 aliphatic carbocycles. The molecule has 1 saturated heterocycles. The fourth-order valence-corrected chi connectivity index (χ4v) is 2.78. The van der Waals surface area contributed by atoms with E-state index < -0.39 is 0 Å². The number of ether oxygens (including phenoxy) is 1. The molecule has 1 atom stereocenters. The van der Waals surface area contributed by atoms with Crippen LogP contribution in [0.25, 0.3) is 0 Å². The van der Waals surface area contributed by atoms with Gasteiger partial charge in [-0.3, -0.25) is 4.90 Å². The molecule has 1 aromatic rings. The van der Waals surface area contributed by atoms with Gasteiger partial charge in [0.05, 0.1) is 0 Å². The van der Waals surface area contributed by atoms with Crippen LogP contribution in [0.5, 0.6) is 5.75 Å². The van der Waals surface area contributed by atoms with E-state index in [1.807, 2.05) is 24.3 Å². The second-order valence-corrected chi connectivity index (χ2v) is 5.93. The van der Waals surface area contributed by atoms with Crippen molar-refractivity contribution in [3.63, 3.8) is 0 Å². The minimum atomic E-state index is 0.633. The maximum Gasteiger partial charge on any atom is 0.120 e. The molecule has 2 rings (SSSR count). The topological polar surface area (TPSA) is 24.5 Å². The van der Waals surface area contributed by atoms with Crippen LogP contribution in [0.4, 0.5) is 0 Å². The summed E-state index contributed by atoms with van der Waals surface area (Å²) >= 11 is 3.46. The highest BCUT2D eigenvalue weighted by molar-refractivity contribution is 9.10. The largest absolute Gasteiger partial charge is 0.492 e. The van der Waals surface area contributed by atoms with Gasteiger partial charge in [0, 0.05) is 23.6 Å². The summed E-state index contributed by atoms with van der Waals surface area (Å²) < 4.78 is 6.87. The average Bonchev–Trinajstić information content (AvgIpc) is 2.64. The molecule has 106 valence electrons. The zero-order chi connectivity index (χ0) is 13.5. The summed E-state index contributed by atoms with van der Waals surface area (Å²) in [7, 11) is 0. The van der Waals surface area contributed by atoms with Crippen LogP contribution >= 0.6 is 15.9 Å². The Morgan fingerprint density at radius 3 is 3.16 bits per heavy atom. The number of nitrogens with one attached hydrogen (secondary N) is 1. The Balaban J connectivity index is 1.75. The Hall–Kier alpha value is -0.580. The molecule has 0 radical (unpaired) electrons. The van der Waals surface area contributed by atoms with Crippen LogP contribution in [0.3, 0.4) is 0 Å². The van der Waals surface area contributed by atoms with Gasteiger partial charge >= 0.3 is 0 Å². The summed E-state index contributed by atoms with van der Waals surface area (Å²) in [5, 5.41) is 3.59. The number of halogens is 1. The molecular weight excluding hydrogens is 304 g/mol. The molecule has 0 aromatic heterocycles. The molecule has 1 aliphatic heterocycles. The van der Waals surface area contributed by atoms with Gasteiger partial charge in [-0.2, -0.15) is 0 Å². The van der Waals surface area contributed by atoms with E-state index in [-0.39, 0.29) is 0 Å². The molecule has 1 unspecified atom stereocenters. The van der Waals surface area contributed by atoms with Crippen LogP contribution in [0, 0.1) is 0 Å². The molecular formula is C15H23BrN2O. The van der Waals surface area contributed by atoms with Crippen molar-refractivity contribution < 1.29 is 4.74 Å². The Labute approximate surface area is 124 Å². The third kappa shape index (κ3) is 5.13. The lowest BCUT2D eigenvalue weighted by Crippen LogP contribution is -2.38. The minimum absolute atomic E-state index is 0.633. The van der Waals surface area contributed by atoms with Crippen LogP contribution in [-0.4, -0.2) is 43.7 Å². The van der Waals surface area contributed by atoms with Gasteiger partial charge in [0.2, 0.25) is 0 Å². The lowest BCUT2D eigenvalue weighted by Gasteiger charge is -2.23. The fourth-order valence-electron chi connectivity index (χ4n) is 2.40. The van der Waals surface area contributed by atoms with Gasteiger partial charge in [-0.1, -0.05) is 28.9 Å². The van der Waals surface area contributed by atoms with Crippen molar-refractivity contribution in [2.24, 2.45) is 0 Å². The number of nitrogens with zero attached hydrogens (tertiary/aromatic N) is 1. The molecule has 1 N–H and O–H groups in total. The molecule has 0 spiro atoms. The van der Waals surface area contributed by atoms with E-state index in [2.05, 4.69) is 33.1 Å². The van der Waals surface area contributed by atoms with Crippen molar-refractivity contribution in [2.75, 3.05) is 32.8 Å². The third-order valence-corrected chi connectivity index (χ3v) is 4.02. The number of benzene rings is 1. The van der Waals surface area contributed by atoms with Crippen LogP contribution in [0.1, 0.15) is 19.8 Å². The summed E-state index contributed by atoms with van der Waals surface area (Å²) in [4.78, 5) is 2.51. The third-order valence-electron chi connectivity index (χ3n) is 3.53. The van der Waals surface area contributed by atoms with Crippen molar-refractivity contribution >= 4 is 15.9 Å². The van der Waals surface area contributed by atoms with Crippen molar-refractivity contribution in [1.29, 1.82) is 0 Å². The van der Waals surface area contributed by atoms with Crippen LogP contribution in [-0.2, 0) is 0 Å². The van der Waals surface area contributed by atoms with E-state index in [0.717, 1.165) is 36.5 Å². The molecule has 4 heteroatoms. The van der Waals surface area contributed by atoms with E-state index in [4.69, 9.17) is 4.74 Å². The fraction of sp³-hybridized carbons (Fsp3) is 0.600. The van der Waals surface area contributed by atoms with Crippen molar-refractivity contribution in [2.45, 2.75) is 25.8 Å². The minimum Gasteiger partial charge on any atom is -0.492 e. The van der Waals surface area contributed by atoms with Gasteiger partial charge < -0.3 is 10.1 Å². The second-order valence-electron chi connectivity index (χ2n) is 5.02. The first-order valence-corrected chi connectivity index (χ1v) is 7.91. The molecule has 1 heterocycles. The standard InChI is InChI=1S/C15H23BrN2O/c1-2-14-12-18(8-4-7-17-14)9-10-19-15-6-3-5-13(16)11-15/h3,5-6,11,14,17H,2,4,7-10,12H2,1H3. The number of rotatable bonds is 5. The van der Waals surface area contributed by atoms with Gasteiger partial charge in [0.25, 0.3) is 0 Å². The molecule has 0 bridgehead atoms. The highest BCUT2D eigenvalue weighted by Crippen LogP contribution is 2.17. The van der Waals surface area contributed by atoms with E-state index in [1.165, 1.54) is 19.4 Å². The van der Waals surface area contributed by atoms with Crippen molar-refractivity contribution in [3.8, 4) is 5.75 Å². The molecule has 1 aromatic carbocycles. The Kier molecular flexibility index (Phi) is 6.14.